The van der Waals surface area contributed by atoms with E-state index in [0.717, 1.165) is 21.5 Å². The van der Waals surface area contributed by atoms with Gasteiger partial charge < -0.3 is 0 Å². The van der Waals surface area contributed by atoms with Gasteiger partial charge in [-0.2, -0.15) is 0 Å². The van der Waals surface area contributed by atoms with Crippen LogP contribution in [-0.4, -0.2) is 4.98 Å². The van der Waals surface area contributed by atoms with Gasteiger partial charge in [0.15, 0.2) is 0 Å². The molecule has 1 aliphatic rings. The van der Waals surface area contributed by atoms with Crippen LogP contribution in [0.5, 0.6) is 0 Å². The third-order valence-electron chi connectivity index (χ3n) is 2.59. The van der Waals surface area contributed by atoms with Crippen molar-refractivity contribution in [2.24, 2.45) is 0 Å². The first-order chi connectivity index (χ1) is 7.33. The van der Waals surface area contributed by atoms with Crippen LogP contribution in [0.15, 0.2) is 29.6 Å². The smallest absolute Gasteiger partial charge is 0.123 e. The minimum atomic E-state index is 0.731. The number of halogens is 1. The molecule has 3 rings (SSSR count). The molecule has 1 aliphatic carbocycles. The molecule has 0 aliphatic heterocycles. The van der Waals surface area contributed by atoms with E-state index in [1.54, 1.807) is 11.3 Å². The van der Waals surface area contributed by atoms with Crippen molar-refractivity contribution < 1.29 is 0 Å². The highest BCUT2D eigenvalue weighted by Gasteiger charge is 2.26. The number of nitrogens with zero attached hydrogens (tertiary/aromatic N) is 1. The van der Waals surface area contributed by atoms with Crippen molar-refractivity contribution in [3.8, 4) is 10.6 Å². The summed E-state index contributed by atoms with van der Waals surface area (Å²) < 4.78 is 0. The number of thiazole rings is 1. The maximum atomic E-state index is 5.95. The molecule has 1 heterocycles. The van der Waals surface area contributed by atoms with E-state index in [1.165, 1.54) is 18.5 Å². The lowest BCUT2D eigenvalue weighted by Crippen LogP contribution is -1.80. The Balaban J connectivity index is 1.97. The second kappa shape index (κ2) is 3.62. The zero-order valence-electron chi connectivity index (χ0n) is 8.11. The van der Waals surface area contributed by atoms with Crippen LogP contribution in [-0.2, 0) is 0 Å². The molecular formula is C12H10ClNS. The number of hydrogen-bond donors (Lipinski definition) is 0. The van der Waals surface area contributed by atoms with Gasteiger partial charge >= 0.3 is 0 Å². The summed E-state index contributed by atoms with van der Waals surface area (Å²) in [7, 11) is 0. The molecule has 0 atom stereocenters. The molecule has 0 saturated heterocycles. The molecule has 15 heavy (non-hydrogen) atoms. The maximum Gasteiger partial charge on any atom is 0.123 e. The minimum Gasteiger partial charge on any atom is -0.241 e. The second-order valence-corrected chi connectivity index (χ2v) is 5.16. The Bertz CT molecular complexity index is 488. The van der Waals surface area contributed by atoms with Crippen LogP contribution in [0.1, 0.15) is 24.5 Å². The number of aromatic nitrogens is 1. The predicted octanol–water partition coefficient (Wildman–Crippen LogP) is 4.34. The Kier molecular flexibility index (Phi) is 2.26. The van der Waals surface area contributed by atoms with Gasteiger partial charge in [0.05, 0.1) is 5.69 Å². The van der Waals surface area contributed by atoms with Crippen molar-refractivity contribution in [1.82, 2.24) is 4.98 Å². The number of rotatable bonds is 2. The van der Waals surface area contributed by atoms with Crippen LogP contribution >= 0.6 is 22.9 Å². The van der Waals surface area contributed by atoms with Crippen LogP contribution in [0, 0.1) is 0 Å². The van der Waals surface area contributed by atoms with Gasteiger partial charge in [-0.15, -0.1) is 11.3 Å². The molecule has 0 spiro atoms. The van der Waals surface area contributed by atoms with Crippen molar-refractivity contribution >= 4 is 22.9 Å². The molecule has 76 valence electrons. The first-order valence-corrected chi connectivity index (χ1v) is 6.30. The summed E-state index contributed by atoms with van der Waals surface area (Å²) in [5.41, 5.74) is 2.38. The first kappa shape index (κ1) is 9.37. The Morgan fingerprint density at radius 3 is 2.93 bits per heavy atom. The SMILES string of the molecule is Clc1cccc(-c2nc(C3CC3)cs2)c1. The lowest BCUT2D eigenvalue weighted by atomic mass is 10.2. The highest BCUT2D eigenvalue weighted by Crippen LogP contribution is 2.41. The van der Waals surface area contributed by atoms with Gasteiger partial charge in [0.1, 0.15) is 5.01 Å². The zero-order chi connectivity index (χ0) is 10.3. The Morgan fingerprint density at radius 2 is 2.20 bits per heavy atom. The molecular weight excluding hydrogens is 226 g/mol. The van der Waals surface area contributed by atoms with E-state index in [0.29, 0.717) is 0 Å². The summed E-state index contributed by atoms with van der Waals surface area (Å²) in [6, 6.07) is 7.88. The van der Waals surface area contributed by atoms with Crippen LogP contribution in [0.4, 0.5) is 0 Å². The number of hydrogen-bond acceptors (Lipinski definition) is 2. The van der Waals surface area contributed by atoms with Gasteiger partial charge in [-0.1, -0.05) is 23.7 Å². The lowest BCUT2D eigenvalue weighted by Gasteiger charge is -1.96. The lowest BCUT2D eigenvalue weighted by molar-refractivity contribution is 1.05. The normalized spacial score (nSPS) is 15.5. The molecule has 0 bridgehead atoms. The molecule has 0 unspecified atom stereocenters. The average Bonchev–Trinajstić information content (AvgIpc) is 2.97. The Hall–Kier alpha value is -0.860. The highest BCUT2D eigenvalue weighted by atomic mass is 35.5. The Labute approximate surface area is 97.7 Å². The van der Waals surface area contributed by atoms with Crippen molar-refractivity contribution in [1.29, 1.82) is 0 Å². The molecule has 0 N–H and O–H groups in total. The zero-order valence-corrected chi connectivity index (χ0v) is 9.68. The van der Waals surface area contributed by atoms with Gasteiger partial charge in [0, 0.05) is 21.9 Å². The molecule has 1 nitrogen and oxygen atoms in total. The third kappa shape index (κ3) is 1.92. The largest absolute Gasteiger partial charge is 0.241 e. The predicted molar refractivity (Wildman–Crippen MR) is 64.5 cm³/mol. The quantitative estimate of drug-likeness (QED) is 0.755. The van der Waals surface area contributed by atoms with Crippen LogP contribution in [0.3, 0.4) is 0 Å². The monoisotopic (exact) mass is 235 g/mol. The van der Waals surface area contributed by atoms with Crippen molar-refractivity contribution in [3.63, 3.8) is 0 Å². The molecule has 1 aromatic heterocycles. The van der Waals surface area contributed by atoms with Crippen molar-refractivity contribution in [3.05, 3.63) is 40.4 Å². The molecule has 1 saturated carbocycles. The summed E-state index contributed by atoms with van der Waals surface area (Å²) in [4.78, 5) is 4.64. The van der Waals surface area contributed by atoms with Crippen LogP contribution in [0.2, 0.25) is 5.02 Å². The van der Waals surface area contributed by atoms with Gasteiger partial charge in [0.2, 0.25) is 0 Å². The van der Waals surface area contributed by atoms with Gasteiger partial charge in [-0.3, -0.25) is 0 Å². The minimum absolute atomic E-state index is 0.731. The molecule has 1 fully saturated rings. The van der Waals surface area contributed by atoms with E-state index >= 15 is 0 Å². The topological polar surface area (TPSA) is 12.9 Å². The van der Waals surface area contributed by atoms with Crippen molar-refractivity contribution in [2.75, 3.05) is 0 Å². The van der Waals surface area contributed by atoms with Gasteiger partial charge in [-0.05, 0) is 25.0 Å². The summed E-state index contributed by atoms with van der Waals surface area (Å²) in [5, 5.41) is 4.03. The van der Waals surface area contributed by atoms with E-state index in [4.69, 9.17) is 11.6 Å². The summed E-state index contributed by atoms with van der Waals surface area (Å²) in [6.07, 6.45) is 2.61. The fourth-order valence-corrected chi connectivity index (χ4v) is 2.70. The van der Waals surface area contributed by atoms with Crippen LogP contribution < -0.4 is 0 Å². The first-order valence-electron chi connectivity index (χ1n) is 5.04. The number of benzene rings is 1. The van der Waals surface area contributed by atoms with E-state index < -0.39 is 0 Å². The summed E-state index contributed by atoms with van der Waals surface area (Å²) >= 11 is 7.66. The summed E-state index contributed by atoms with van der Waals surface area (Å²) in [6.45, 7) is 0. The molecule has 1 aromatic carbocycles. The third-order valence-corrected chi connectivity index (χ3v) is 3.73. The fraction of sp³-hybridized carbons (Fsp3) is 0.250. The van der Waals surface area contributed by atoms with E-state index in [-0.39, 0.29) is 0 Å². The van der Waals surface area contributed by atoms with E-state index in [2.05, 4.69) is 16.4 Å². The van der Waals surface area contributed by atoms with Crippen LogP contribution in [0.25, 0.3) is 10.6 Å². The summed E-state index contributed by atoms with van der Waals surface area (Å²) in [5.74, 6) is 0.731. The maximum absolute atomic E-state index is 5.95. The Morgan fingerprint density at radius 1 is 1.33 bits per heavy atom. The molecule has 3 heteroatoms. The van der Waals surface area contributed by atoms with Gasteiger partial charge in [-0.25, -0.2) is 4.98 Å². The standard InChI is InChI=1S/C12H10ClNS/c13-10-3-1-2-9(6-10)12-14-11(7-15-12)8-4-5-8/h1-3,6-8H,4-5H2. The molecule has 0 amide bonds. The van der Waals surface area contributed by atoms with E-state index in [1.807, 2.05) is 18.2 Å². The van der Waals surface area contributed by atoms with Gasteiger partial charge in [0.25, 0.3) is 0 Å². The fourth-order valence-electron chi connectivity index (χ4n) is 1.61. The molecule has 2 aromatic rings. The van der Waals surface area contributed by atoms with Crippen molar-refractivity contribution in [2.45, 2.75) is 18.8 Å². The molecule has 0 radical (unpaired) electrons. The highest BCUT2D eigenvalue weighted by molar-refractivity contribution is 7.13. The average molecular weight is 236 g/mol. The second-order valence-electron chi connectivity index (χ2n) is 3.86. The van der Waals surface area contributed by atoms with E-state index in [9.17, 15) is 0 Å².